The first-order valence-electron chi connectivity index (χ1n) is 6.90. The number of aromatic nitrogens is 2. The smallest absolute Gasteiger partial charge is 0.305 e. The number of nitrogens with zero attached hydrogens (tertiary/aromatic N) is 1. The highest BCUT2D eigenvalue weighted by molar-refractivity contribution is 9.10. The predicted molar refractivity (Wildman–Crippen MR) is 93.0 cm³/mol. The number of aromatic amines is 1. The molecule has 0 aliphatic heterocycles. The maximum absolute atomic E-state index is 12.0. The van der Waals surface area contributed by atoms with Crippen molar-refractivity contribution in [2.75, 3.05) is 0 Å². The van der Waals surface area contributed by atoms with E-state index in [1.165, 1.54) is 0 Å². The predicted octanol–water partition coefficient (Wildman–Crippen LogP) is 4.51. The van der Waals surface area contributed by atoms with Crippen LogP contribution in [0.5, 0.6) is 0 Å². The molecule has 0 amide bonds. The molecule has 0 aliphatic rings. The average Bonchev–Trinajstić information content (AvgIpc) is 2.54. The summed E-state index contributed by atoms with van der Waals surface area (Å²) in [6.07, 6.45) is 0. The van der Waals surface area contributed by atoms with E-state index in [9.17, 15) is 4.79 Å². The van der Waals surface area contributed by atoms with Crippen LogP contribution >= 0.6 is 15.9 Å². The third-order valence-electron chi connectivity index (χ3n) is 3.73. The van der Waals surface area contributed by atoms with Crippen LogP contribution in [0.15, 0.2) is 69.9 Å². The monoisotopic (exact) mass is 350 g/mol. The summed E-state index contributed by atoms with van der Waals surface area (Å²) in [5.41, 5.74) is 2.11. The number of benzene rings is 3. The third kappa shape index (κ3) is 2.12. The normalized spacial score (nSPS) is 11.1. The van der Waals surface area contributed by atoms with Gasteiger partial charge in [0.05, 0.1) is 11.2 Å². The van der Waals surface area contributed by atoms with Gasteiger partial charge in [-0.1, -0.05) is 64.5 Å². The van der Waals surface area contributed by atoms with Crippen molar-refractivity contribution in [1.29, 1.82) is 0 Å². The van der Waals surface area contributed by atoms with Crippen molar-refractivity contribution in [3.63, 3.8) is 0 Å². The van der Waals surface area contributed by atoms with Crippen LogP contribution in [-0.4, -0.2) is 9.97 Å². The van der Waals surface area contributed by atoms with E-state index >= 15 is 0 Å². The summed E-state index contributed by atoms with van der Waals surface area (Å²) in [6, 6.07) is 19.9. The quantitative estimate of drug-likeness (QED) is 0.513. The number of rotatable bonds is 1. The number of fused-ring (bicyclic) bond motifs is 3. The molecular formula is C18H11BrN2O. The molecule has 0 saturated heterocycles. The van der Waals surface area contributed by atoms with E-state index in [-0.39, 0.29) is 5.69 Å². The van der Waals surface area contributed by atoms with Crippen molar-refractivity contribution in [3.8, 4) is 11.3 Å². The molecule has 3 nitrogen and oxygen atoms in total. The van der Waals surface area contributed by atoms with Gasteiger partial charge in [0.2, 0.25) is 0 Å². The zero-order valence-electron chi connectivity index (χ0n) is 11.5. The molecule has 0 atom stereocenters. The highest BCUT2D eigenvalue weighted by atomic mass is 79.9. The fourth-order valence-electron chi connectivity index (χ4n) is 2.76. The Labute approximate surface area is 134 Å². The van der Waals surface area contributed by atoms with Gasteiger partial charge >= 0.3 is 5.69 Å². The Morgan fingerprint density at radius 1 is 0.909 bits per heavy atom. The maximum atomic E-state index is 12.0. The fraction of sp³-hybridized carbons (Fsp3) is 0. The van der Waals surface area contributed by atoms with Crippen LogP contribution in [-0.2, 0) is 0 Å². The molecule has 0 radical (unpaired) electrons. The molecule has 106 valence electrons. The molecule has 4 heteroatoms. The van der Waals surface area contributed by atoms with E-state index in [2.05, 4.69) is 32.0 Å². The second-order valence-electron chi connectivity index (χ2n) is 5.11. The highest BCUT2D eigenvalue weighted by Crippen LogP contribution is 2.30. The topological polar surface area (TPSA) is 45.8 Å². The van der Waals surface area contributed by atoms with E-state index in [0.29, 0.717) is 5.69 Å². The number of H-pyrrole nitrogens is 1. The minimum atomic E-state index is -0.334. The molecule has 0 unspecified atom stereocenters. The Bertz CT molecular complexity index is 1070. The van der Waals surface area contributed by atoms with Gasteiger partial charge in [-0.3, -0.25) is 0 Å². The second kappa shape index (κ2) is 5.07. The molecular weight excluding hydrogens is 340 g/mol. The zero-order chi connectivity index (χ0) is 15.1. The van der Waals surface area contributed by atoms with Crippen LogP contribution in [0.1, 0.15) is 0 Å². The van der Waals surface area contributed by atoms with Gasteiger partial charge in [0.15, 0.2) is 0 Å². The molecule has 0 aliphatic carbocycles. The standard InChI is InChI=1S/C18H11BrN2O/c19-13-6-3-5-12(10-13)16-15-9-8-11-4-1-2-7-14(11)17(15)21-18(22)20-16/h1-10H,(H,20,21,22). The van der Waals surface area contributed by atoms with Gasteiger partial charge in [-0.2, -0.15) is 4.98 Å². The number of hydrogen-bond acceptors (Lipinski definition) is 2. The second-order valence-corrected chi connectivity index (χ2v) is 6.03. The zero-order valence-corrected chi connectivity index (χ0v) is 13.1. The first-order chi connectivity index (χ1) is 10.7. The van der Waals surface area contributed by atoms with Gasteiger partial charge in [0, 0.05) is 20.8 Å². The SMILES string of the molecule is O=c1nc(-c2cccc(Br)c2)c2ccc3ccccc3c2[nH]1. The third-order valence-corrected chi connectivity index (χ3v) is 4.22. The van der Waals surface area contributed by atoms with Crippen LogP contribution in [0, 0.1) is 0 Å². The highest BCUT2D eigenvalue weighted by Gasteiger charge is 2.10. The lowest BCUT2D eigenvalue weighted by molar-refractivity contribution is 1.13. The van der Waals surface area contributed by atoms with E-state index < -0.39 is 0 Å². The molecule has 4 aromatic rings. The molecule has 1 aromatic heterocycles. The van der Waals surface area contributed by atoms with Crippen LogP contribution in [0.4, 0.5) is 0 Å². The summed E-state index contributed by atoms with van der Waals surface area (Å²) in [4.78, 5) is 19.1. The molecule has 22 heavy (non-hydrogen) atoms. The van der Waals surface area contributed by atoms with Crippen molar-refractivity contribution < 1.29 is 0 Å². The molecule has 1 N–H and O–H groups in total. The van der Waals surface area contributed by atoms with Gasteiger partial charge in [-0.15, -0.1) is 0 Å². The molecule has 0 spiro atoms. The summed E-state index contributed by atoms with van der Waals surface area (Å²) in [5, 5.41) is 3.06. The van der Waals surface area contributed by atoms with E-state index in [1.807, 2.05) is 54.6 Å². The van der Waals surface area contributed by atoms with E-state index in [0.717, 1.165) is 31.7 Å². The van der Waals surface area contributed by atoms with Crippen molar-refractivity contribution in [2.45, 2.75) is 0 Å². The summed E-state index contributed by atoms with van der Waals surface area (Å²) in [6.45, 7) is 0. The molecule has 1 heterocycles. The maximum Gasteiger partial charge on any atom is 0.345 e. The summed E-state index contributed by atoms with van der Waals surface area (Å²) in [7, 11) is 0. The Morgan fingerprint density at radius 3 is 2.64 bits per heavy atom. The average molecular weight is 351 g/mol. The van der Waals surface area contributed by atoms with Crippen LogP contribution < -0.4 is 5.69 Å². The first-order valence-corrected chi connectivity index (χ1v) is 7.69. The fourth-order valence-corrected chi connectivity index (χ4v) is 3.16. The van der Waals surface area contributed by atoms with Gasteiger partial charge in [-0.05, 0) is 17.5 Å². The van der Waals surface area contributed by atoms with Crippen molar-refractivity contribution in [3.05, 3.63) is 75.6 Å². The molecule has 4 rings (SSSR count). The Kier molecular flexibility index (Phi) is 3.05. The lowest BCUT2D eigenvalue weighted by Crippen LogP contribution is -2.11. The van der Waals surface area contributed by atoms with E-state index in [1.54, 1.807) is 0 Å². The molecule has 0 saturated carbocycles. The number of nitrogens with one attached hydrogen (secondary N) is 1. The van der Waals surface area contributed by atoms with E-state index in [4.69, 9.17) is 0 Å². The number of hydrogen-bond donors (Lipinski definition) is 1. The lowest BCUT2D eigenvalue weighted by atomic mass is 10.0. The number of halogens is 1. The van der Waals surface area contributed by atoms with Gasteiger partial charge in [0.25, 0.3) is 0 Å². The van der Waals surface area contributed by atoms with Crippen molar-refractivity contribution in [2.24, 2.45) is 0 Å². The van der Waals surface area contributed by atoms with Crippen LogP contribution in [0.25, 0.3) is 32.9 Å². The first kappa shape index (κ1) is 13.2. The summed E-state index contributed by atoms with van der Waals surface area (Å²) < 4.78 is 0.959. The van der Waals surface area contributed by atoms with Gasteiger partial charge < -0.3 is 4.98 Å². The summed E-state index contributed by atoms with van der Waals surface area (Å²) >= 11 is 3.47. The van der Waals surface area contributed by atoms with Crippen molar-refractivity contribution >= 4 is 37.6 Å². The molecule has 0 fully saturated rings. The minimum Gasteiger partial charge on any atom is -0.305 e. The molecule has 0 bridgehead atoms. The van der Waals surface area contributed by atoms with Crippen LogP contribution in [0.3, 0.4) is 0 Å². The van der Waals surface area contributed by atoms with Gasteiger partial charge in [0.1, 0.15) is 0 Å². The minimum absolute atomic E-state index is 0.334. The Balaban J connectivity index is 2.16. The van der Waals surface area contributed by atoms with Gasteiger partial charge in [-0.25, -0.2) is 4.79 Å². The lowest BCUT2D eigenvalue weighted by Gasteiger charge is -2.08. The largest absolute Gasteiger partial charge is 0.345 e. The molecule has 3 aromatic carbocycles. The Morgan fingerprint density at radius 2 is 1.77 bits per heavy atom. The van der Waals surface area contributed by atoms with Crippen LogP contribution in [0.2, 0.25) is 0 Å². The summed E-state index contributed by atoms with van der Waals surface area (Å²) in [5.74, 6) is 0. The van der Waals surface area contributed by atoms with Crippen molar-refractivity contribution in [1.82, 2.24) is 9.97 Å². The Hall–Kier alpha value is -2.46.